The molecule has 0 aromatic heterocycles. The highest BCUT2D eigenvalue weighted by molar-refractivity contribution is 6.29. The fourth-order valence-electron chi connectivity index (χ4n) is 5.03. The van der Waals surface area contributed by atoms with Crippen molar-refractivity contribution >= 4 is 23.1 Å². The maximum atomic E-state index is 12.3. The quantitative estimate of drug-likeness (QED) is 0.0516. The van der Waals surface area contributed by atoms with Crippen molar-refractivity contribution in [1.82, 2.24) is 0 Å². The third kappa shape index (κ3) is 13.5. The van der Waals surface area contributed by atoms with Crippen LogP contribution in [0.3, 0.4) is 0 Å². The Bertz CT molecular complexity index is 2340. The Morgan fingerprint density at radius 3 is 1.14 bits per heavy atom. The fraction of sp³-hybridized carbons (Fsp3) is 0.0889. The van der Waals surface area contributed by atoms with Gasteiger partial charge in [0, 0.05) is 41.8 Å². The van der Waals surface area contributed by atoms with Crippen molar-refractivity contribution in [2.24, 2.45) is 0 Å². The maximum absolute atomic E-state index is 12.3. The summed E-state index contributed by atoms with van der Waals surface area (Å²) in [6.45, 7) is 7.02. The number of allylic oxidation sites excluding steroid dienone is 1. The molecule has 0 saturated carbocycles. The summed E-state index contributed by atoms with van der Waals surface area (Å²) in [6, 6.07) is 29.6. The molecule has 14 nitrogen and oxygen atoms in total. The summed E-state index contributed by atoms with van der Waals surface area (Å²) in [5, 5.41) is 99.7. The van der Waals surface area contributed by atoms with Crippen LogP contribution in [0.25, 0.3) is 5.57 Å². The van der Waals surface area contributed by atoms with E-state index in [4.69, 9.17) is 25.5 Å². The van der Waals surface area contributed by atoms with Gasteiger partial charge in [-0.05, 0) is 84.3 Å². The van der Waals surface area contributed by atoms with Gasteiger partial charge in [-0.1, -0.05) is 49.9 Å². The average Bonchev–Trinajstić information content (AvgIpc) is 3.18. The summed E-state index contributed by atoms with van der Waals surface area (Å²) in [5.41, 5.74) is 2.42. The van der Waals surface area contributed by atoms with Crippen molar-refractivity contribution in [3.63, 3.8) is 0 Å². The van der Waals surface area contributed by atoms with E-state index in [0.717, 1.165) is 35.9 Å². The molecule has 2 atom stereocenters. The molecule has 11 N–H and O–H groups in total. The first kappa shape index (κ1) is 45.3. The van der Waals surface area contributed by atoms with Gasteiger partial charge in [-0.3, -0.25) is 14.4 Å². The standard InChI is InChI=1S/C15H14O4.C15H12O4.C9H10O3.C6H6O3/c2*1-9(10-2-4-11(16)5-3-10)15(19)13-7-6-12(17)8-14(13)18;1-6(9(11)12)7-2-4-8(10)5-3-7;7-4-1-5(8)3-6(9)2-4/h2-9,16-18H,1H3;2-8,16-18H,1H2;2-6,10H,1H3,(H,11,12);1-3,7-9H. The molecule has 0 fully saturated rings. The van der Waals surface area contributed by atoms with Gasteiger partial charge in [0.05, 0.1) is 17.0 Å². The maximum Gasteiger partial charge on any atom is 0.310 e. The highest BCUT2D eigenvalue weighted by Gasteiger charge is 2.20. The molecule has 0 spiro atoms. The van der Waals surface area contributed by atoms with Crippen molar-refractivity contribution < 1.29 is 70.6 Å². The number of carboxylic acid groups (broad SMARTS) is 1. The van der Waals surface area contributed by atoms with Crippen LogP contribution in [-0.2, 0) is 4.79 Å². The number of carbonyl (C=O) groups excluding carboxylic acids is 2. The summed E-state index contributed by atoms with van der Waals surface area (Å²) in [7, 11) is 0. The normalized spacial score (nSPS) is 11.1. The van der Waals surface area contributed by atoms with Gasteiger partial charge in [0.1, 0.15) is 57.5 Å². The molecule has 59 heavy (non-hydrogen) atoms. The van der Waals surface area contributed by atoms with Crippen molar-refractivity contribution in [1.29, 1.82) is 0 Å². The number of benzene rings is 6. The van der Waals surface area contributed by atoms with E-state index >= 15 is 0 Å². The van der Waals surface area contributed by atoms with Crippen LogP contribution in [0.1, 0.15) is 63.1 Å². The summed E-state index contributed by atoms with van der Waals surface area (Å²) in [6.07, 6.45) is 0. The minimum atomic E-state index is -0.860. The summed E-state index contributed by atoms with van der Waals surface area (Å²) < 4.78 is 0. The van der Waals surface area contributed by atoms with E-state index in [2.05, 4.69) is 6.58 Å². The monoisotopic (exact) mass is 806 g/mol. The summed E-state index contributed by atoms with van der Waals surface area (Å²) in [5.74, 6) is -3.33. The predicted molar refractivity (Wildman–Crippen MR) is 217 cm³/mol. The Morgan fingerprint density at radius 1 is 0.424 bits per heavy atom. The van der Waals surface area contributed by atoms with Gasteiger partial charge in [0.15, 0.2) is 11.6 Å². The van der Waals surface area contributed by atoms with E-state index in [1.807, 2.05) is 0 Å². The molecule has 0 aliphatic heterocycles. The lowest BCUT2D eigenvalue weighted by Crippen LogP contribution is -2.09. The molecular weight excluding hydrogens is 764 g/mol. The van der Waals surface area contributed by atoms with Crippen LogP contribution in [0.4, 0.5) is 0 Å². The number of aliphatic carboxylic acids is 1. The van der Waals surface area contributed by atoms with Crippen LogP contribution < -0.4 is 0 Å². The van der Waals surface area contributed by atoms with Gasteiger partial charge in [-0.15, -0.1) is 0 Å². The van der Waals surface area contributed by atoms with E-state index in [-0.39, 0.29) is 80.0 Å². The van der Waals surface area contributed by atoms with Crippen LogP contribution in [-0.4, -0.2) is 73.7 Å². The van der Waals surface area contributed by atoms with E-state index in [9.17, 15) is 45.0 Å². The van der Waals surface area contributed by atoms with Gasteiger partial charge >= 0.3 is 5.97 Å². The average molecular weight is 807 g/mol. The lowest BCUT2D eigenvalue weighted by Gasteiger charge is -2.12. The molecule has 14 heteroatoms. The second kappa shape index (κ2) is 20.7. The summed E-state index contributed by atoms with van der Waals surface area (Å²) >= 11 is 0. The minimum absolute atomic E-state index is 0.0656. The molecule has 0 bridgehead atoms. The minimum Gasteiger partial charge on any atom is -0.508 e. The molecular formula is C45H42O14. The Kier molecular flexibility index (Phi) is 15.9. The van der Waals surface area contributed by atoms with Crippen LogP contribution >= 0.6 is 0 Å². The SMILES string of the molecule is C=C(C(=O)c1ccc(O)cc1O)c1ccc(O)cc1.CC(C(=O)O)c1ccc(O)cc1.CC(C(=O)c1ccc(O)cc1O)c1ccc(O)cc1.Oc1cc(O)cc(O)c1. The lowest BCUT2D eigenvalue weighted by atomic mass is 9.92. The number of ketones is 2. The van der Waals surface area contributed by atoms with E-state index < -0.39 is 23.6 Å². The Hall–Kier alpha value is -8.13. The number of rotatable bonds is 8. The van der Waals surface area contributed by atoms with Gasteiger partial charge in [0.2, 0.25) is 0 Å². The van der Waals surface area contributed by atoms with Crippen molar-refractivity contribution in [2.75, 3.05) is 0 Å². The van der Waals surface area contributed by atoms with Crippen LogP contribution in [0.15, 0.2) is 134 Å². The van der Waals surface area contributed by atoms with Gasteiger partial charge in [-0.25, -0.2) is 0 Å². The van der Waals surface area contributed by atoms with Gasteiger partial charge < -0.3 is 56.2 Å². The van der Waals surface area contributed by atoms with E-state index in [0.29, 0.717) is 11.1 Å². The van der Waals surface area contributed by atoms with Crippen molar-refractivity contribution in [2.45, 2.75) is 25.7 Å². The van der Waals surface area contributed by atoms with Gasteiger partial charge in [0.25, 0.3) is 0 Å². The molecule has 0 aliphatic rings. The first-order valence-electron chi connectivity index (χ1n) is 17.4. The number of aromatic hydroxyl groups is 10. The number of carboxylic acids is 1. The molecule has 306 valence electrons. The molecule has 6 aromatic carbocycles. The smallest absolute Gasteiger partial charge is 0.310 e. The third-order valence-corrected chi connectivity index (χ3v) is 8.40. The fourth-order valence-corrected chi connectivity index (χ4v) is 5.03. The molecule has 6 aromatic rings. The predicted octanol–water partition coefficient (Wildman–Crippen LogP) is 7.87. The molecule has 0 aliphatic carbocycles. The van der Waals surface area contributed by atoms with Crippen molar-refractivity contribution in [3.05, 3.63) is 162 Å². The second-order valence-corrected chi connectivity index (χ2v) is 12.8. The molecule has 2 unspecified atom stereocenters. The zero-order chi connectivity index (χ0) is 44.0. The van der Waals surface area contributed by atoms with Crippen molar-refractivity contribution in [3.8, 4) is 57.5 Å². The number of Topliss-reactive ketones (excluding diaryl/α,β-unsaturated/α-hetero) is 2. The largest absolute Gasteiger partial charge is 0.508 e. The third-order valence-electron chi connectivity index (χ3n) is 8.40. The topological polar surface area (TPSA) is 274 Å². The first-order chi connectivity index (χ1) is 27.8. The molecule has 0 saturated heterocycles. The van der Waals surface area contributed by atoms with E-state index in [1.54, 1.807) is 50.2 Å². The summed E-state index contributed by atoms with van der Waals surface area (Å²) in [4.78, 5) is 34.9. The Balaban J connectivity index is 0.000000219. The van der Waals surface area contributed by atoms with Crippen LogP contribution in [0.5, 0.6) is 57.5 Å². The number of carbonyl (C=O) groups is 3. The first-order valence-corrected chi connectivity index (χ1v) is 17.4. The number of phenols is 10. The highest BCUT2D eigenvalue weighted by atomic mass is 16.4. The number of phenolic OH excluding ortho intramolecular Hbond substituents is 10. The number of hydrogen-bond donors (Lipinski definition) is 11. The Morgan fingerprint density at radius 2 is 0.763 bits per heavy atom. The molecule has 0 heterocycles. The van der Waals surface area contributed by atoms with E-state index in [1.165, 1.54) is 60.7 Å². The zero-order valence-electron chi connectivity index (χ0n) is 31.6. The zero-order valence-corrected chi connectivity index (χ0v) is 31.6. The van der Waals surface area contributed by atoms with Crippen LogP contribution in [0.2, 0.25) is 0 Å². The molecule has 6 rings (SSSR count). The van der Waals surface area contributed by atoms with Crippen LogP contribution in [0, 0.1) is 0 Å². The highest BCUT2D eigenvalue weighted by Crippen LogP contribution is 2.30. The number of hydrogen-bond acceptors (Lipinski definition) is 13. The lowest BCUT2D eigenvalue weighted by molar-refractivity contribution is -0.138. The Labute approximate surface area is 338 Å². The second-order valence-electron chi connectivity index (χ2n) is 12.8. The molecule has 0 radical (unpaired) electrons. The van der Waals surface area contributed by atoms with Gasteiger partial charge in [-0.2, -0.15) is 0 Å². The molecule has 0 amide bonds.